The molecule has 1 saturated heterocycles. The Labute approximate surface area is 136 Å². The van der Waals surface area contributed by atoms with E-state index in [1.807, 2.05) is 0 Å². The lowest BCUT2D eigenvalue weighted by molar-refractivity contribution is 0.110. The summed E-state index contributed by atoms with van der Waals surface area (Å²) >= 11 is 0. The highest BCUT2D eigenvalue weighted by atomic mass is 32.2. The van der Waals surface area contributed by atoms with Gasteiger partial charge in [0.2, 0.25) is 10.0 Å². The maximum atomic E-state index is 12.9. The van der Waals surface area contributed by atoms with Crippen molar-refractivity contribution in [1.82, 2.24) is 4.31 Å². The molecular weight excluding hydrogens is 314 g/mol. The summed E-state index contributed by atoms with van der Waals surface area (Å²) in [5, 5.41) is 0. The van der Waals surface area contributed by atoms with Gasteiger partial charge in [0.1, 0.15) is 5.76 Å². The molecule has 0 bridgehead atoms. The van der Waals surface area contributed by atoms with E-state index in [1.165, 1.54) is 0 Å². The zero-order valence-corrected chi connectivity index (χ0v) is 13.8. The minimum Gasteiger partial charge on any atom is -0.453 e. The first-order valence-corrected chi connectivity index (χ1v) is 9.12. The number of benzene rings is 1. The summed E-state index contributed by atoms with van der Waals surface area (Å²) in [7, 11) is -3.50. The Hall–Kier alpha value is -1.92. The van der Waals surface area contributed by atoms with E-state index in [9.17, 15) is 13.2 Å². The molecule has 0 radical (unpaired) electrons. The number of hydrogen-bond donors (Lipinski definition) is 0. The normalized spacial score (nSPS) is 16.4. The van der Waals surface area contributed by atoms with Crippen molar-refractivity contribution in [2.75, 3.05) is 13.1 Å². The maximum Gasteiger partial charge on any atom is 0.243 e. The number of rotatable bonds is 4. The average Bonchev–Trinajstić information content (AvgIpc) is 3.05. The van der Waals surface area contributed by atoms with Gasteiger partial charge in [-0.05, 0) is 43.5 Å². The van der Waals surface area contributed by atoms with Gasteiger partial charge in [0.15, 0.2) is 12.0 Å². The molecule has 0 N–H and O–H groups in total. The summed E-state index contributed by atoms with van der Waals surface area (Å²) in [5.74, 6) is 0.711. The average molecular weight is 333 g/mol. The zero-order chi connectivity index (χ0) is 16.4. The van der Waals surface area contributed by atoms with E-state index in [2.05, 4.69) is 0 Å². The van der Waals surface area contributed by atoms with Crippen molar-refractivity contribution < 1.29 is 17.6 Å². The van der Waals surface area contributed by atoms with Crippen molar-refractivity contribution in [3.63, 3.8) is 0 Å². The fraction of sp³-hybridized carbons (Fsp3) is 0.353. The second-order valence-electron chi connectivity index (χ2n) is 5.76. The molecule has 0 spiro atoms. The number of hydrogen-bond acceptors (Lipinski definition) is 4. The van der Waals surface area contributed by atoms with Gasteiger partial charge in [-0.3, -0.25) is 4.79 Å². The number of aldehydes is 1. The molecule has 1 aliphatic rings. The molecule has 122 valence electrons. The lowest BCUT2D eigenvalue weighted by Gasteiger charge is -2.26. The first kappa shape index (κ1) is 16.0. The zero-order valence-electron chi connectivity index (χ0n) is 13.0. The molecule has 3 rings (SSSR count). The van der Waals surface area contributed by atoms with Gasteiger partial charge in [0, 0.05) is 18.7 Å². The van der Waals surface area contributed by atoms with E-state index in [0.717, 1.165) is 19.3 Å². The summed E-state index contributed by atoms with van der Waals surface area (Å²) in [5.41, 5.74) is 1.36. The molecule has 0 unspecified atom stereocenters. The molecular formula is C17H19NO4S. The Morgan fingerprint density at radius 3 is 2.48 bits per heavy atom. The van der Waals surface area contributed by atoms with Gasteiger partial charge in [0.25, 0.3) is 0 Å². The third-order valence-corrected chi connectivity index (χ3v) is 6.19. The molecule has 5 nitrogen and oxygen atoms in total. The Morgan fingerprint density at radius 2 is 1.83 bits per heavy atom. The lowest BCUT2D eigenvalue weighted by Crippen LogP contribution is -2.35. The second kappa shape index (κ2) is 6.29. The molecule has 0 aliphatic carbocycles. The predicted octanol–water partition coefficient (Wildman–Crippen LogP) is 3.24. The van der Waals surface area contributed by atoms with E-state index in [4.69, 9.17) is 4.42 Å². The molecule has 6 heteroatoms. The Bertz CT molecular complexity index is 817. The molecule has 1 aliphatic heterocycles. The molecule has 2 aromatic rings. The van der Waals surface area contributed by atoms with Crippen LogP contribution in [0.3, 0.4) is 0 Å². The van der Waals surface area contributed by atoms with Crippen LogP contribution in [0.25, 0.3) is 11.3 Å². The number of carbonyl (C=O) groups excluding carboxylic acids is 1. The summed E-state index contributed by atoms with van der Waals surface area (Å²) in [6, 6.07) is 8.45. The number of furan rings is 1. The first-order valence-electron chi connectivity index (χ1n) is 7.68. The van der Waals surface area contributed by atoms with Gasteiger partial charge in [-0.15, -0.1) is 0 Å². The van der Waals surface area contributed by atoms with Crippen LogP contribution in [0.2, 0.25) is 0 Å². The smallest absolute Gasteiger partial charge is 0.243 e. The third-order valence-electron chi connectivity index (χ3n) is 4.15. The van der Waals surface area contributed by atoms with Crippen LogP contribution in [0.15, 0.2) is 39.6 Å². The van der Waals surface area contributed by atoms with E-state index in [-0.39, 0.29) is 5.76 Å². The van der Waals surface area contributed by atoms with Crippen molar-refractivity contribution >= 4 is 16.3 Å². The Morgan fingerprint density at radius 1 is 1.09 bits per heavy atom. The minimum absolute atomic E-state index is 0.223. The van der Waals surface area contributed by atoms with Crippen LogP contribution in [0.5, 0.6) is 0 Å². The van der Waals surface area contributed by atoms with E-state index < -0.39 is 10.0 Å². The summed E-state index contributed by atoms with van der Waals surface area (Å²) in [4.78, 5) is 11.0. The number of nitrogens with zero attached hydrogens (tertiary/aromatic N) is 1. The van der Waals surface area contributed by atoms with Gasteiger partial charge >= 0.3 is 0 Å². The summed E-state index contributed by atoms with van der Waals surface area (Å²) in [6.45, 7) is 2.93. The fourth-order valence-corrected chi connectivity index (χ4v) is 4.61. The van der Waals surface area contributed by atoms with Crippen LogP contribution in [0.1, 0.15) is 35.4 Å². The number of sulfonamides is 1. The number of piperidine rings is 1. The second-order valence-corrected chi connectivity index (χ2v) is 7.67. The highest BCUT2D eigenvalue weighted by molar-refractivity contribution is 7.89. The van der Waals surface area contributed by atoms with Crippen molar-refractivity contribution in [3.8, 4) is 11.3 Å². The molecule has 1 fully saturated rings. The molecule has 0 saturated carbocycles. The van der Waals surface area contributed by atoms with Crippen LogP contribution in [-0.4, -0.2) is 32.1 Å². The highest BCUT2D eigenvalue weighted by Gasteiger charge is 2.27. The van der Waals surface area contributed by atoms with Crippen molar-refractivity contribution in [2.45, 2.75) is 31.1 Å². The molecule has 1 aromatic carbocycles. The standard InChI is InChI=1S/C17H19NO4S/c1-13-5-6-14(16-8-7-15(12-19)22-16)11-17(13)23(20,21)18-9-3-2-4-10-18/h5-8,11-12H,2-4,9-10H2,1H3. The Kier molecular flexibility index (Phi) is 4.37. The van der Waals surface area contributed by atoms with Crippen LogP contribution < -0.4 is 0 Å². The van der Waals surface area contributed by atoms with Gasteiger partial charge < -0.3 is 4.42 Å². The molecule has 23 heavy (non-hydrogen) atoms. The fourth-order valence-electron chi connectivity index (χ4n) is 2.85. The van der Waals surface area contributed by atoms with Gasteiger partial charge in [-0.25, -0.2) is 8.42 Å². The van der Waals surface area contributed by atoms with E-state index in [1.54, 1.807) is 41.6 Å². The number of carbonyl (C=O) groups is 1. The summed E-state index contributed by atoms with van der Waals surface area (Å²) in [6.07, 6.45) is 3.51. The molecule has 1 aromatic heterocycles. The quantitative estimate of drug-likeness (QED) is 0.806. The SMILES string of the molecule is Cc1ccc(-c2ccc(C=O)o2)cc1S(=O)(=O)N1CCCCC1. The lowest BCUT2D eigenvalue weighted by atomic mass is 10.1. The topological polar surface area (TPSA) is 67.6 Å². The van der Waals surface area contributed by atoms with Gasteiger partial charge in [-0.2, -0.15) is 4.31 Å². The maximum absolute atomic E-state index is 12.9. The van der Waals surface area contributed by atoms with Gasteiger partial charge in [0.05, 0.1) is 4.90 Å². The van der Waals surface area contributed by atoms with E-state index >= 15 is 0 Å². The monoisotopic (exact) mass is 333 g/mol. The van der Waals surface area contributed by atoms with E-state index in [0.29, 0.717) is 41.2 Å². The largest absolute Gasteiger partial charge is 0.453 e. The van der Waals surface area contributed by atoms with Crippen molar-refractivity contribution in [1.29, 1.82) is 0 Å². The van der Waals surface area contributed by atoms with Crippen LogP contribution in [0, 0.1) is 6.92 Å². The molecule has 2 heterocycles. The minimum atomic E-state index is -3.50. The van der Waals surface area contributed by atoms with Gasteiger partial charge in [-0.1, -0.05) is 18.6 Å². The molecule has 0 amide bonds. The molecule has 0 atom stereocenters. The van der Waals surface area contributed by atoms with Crippen LogP contribution >= 0.6 is 0 Å². The third kappa shape index (κ3) is 3.09. The number of aryl methyl sites for hydroxylation is 1. The summed E-state index contributed by atoms with van der Waals surface area (Å²) < 4.78 is 32.7. The van der Waals surface area contributed by atoms with Crippen LogP contribution in [-0.2, 0) is 10.0 Å². The first-order chi connectivity index (χ1) is 11.0. The predicted molar refractivity (Wildman–Crippen MR) is 86.9 cm³/mol. The Balaban J connectivity index is 2.01. The van der Waals surface area contributed by atoms with Crippen LogP contribution in [0.4, 0.5) is 0 Å². The highest BCUT2D eigenvalue weighted by Crippen LogP contribution is 2.29. The van der Waals surface area contributed by atoms with Crippen molar-refractivity contribution in [2.24, 2.45) is 0 Å². The van der Waals surface area contributed by atoms with Crippen molar-refractivity contribution in [3.05, 3.63) is 41.7 Å².